The van der Waals surface area contributed by atoms with E-state index >= 15 is 0 Å². The number of Topliss-reactive ketones (excluding diaryl/α,β-unsaturated/α-hetero) is 1. The Morgan fingerprint density at radius 2 is 1.74 bits per heavy atom. The summed E-state index contributed by atoms with van der Waals surface area (Å²) < 4.78 is 5.74. The zero-order chi connectivity index (χ0) is 19.6. The molecule has 140 valence electrons. The molecule has 3 rings (SSSR count). The minimum atomic E-state index is -1.03. The molecule has 1 amide bonds. The van der Waals surface area contributed by atoms with Gasteiger partial charge in [0, 0.05) is 11.4 Å². The first-order chi connectivity index (χ1) is 12.8. The van der Waals surface area contributed by atoms with E-state index in [0.717, 1.165) is 11.1 Å². The van der Waals surface area contributed by atoms with Crippen molar-refractivity contribution in [3.05, 3.63) is 76.5 Å². The van der Waals surface area contributed by atoms with Crippen LogP contribution in [0.25, 0.3) is 5.57 Å². The van der Waals surface area contributed by atoms with Crippen molar-refractivity contribution < 1.29 is 14.3 Å². The third-order valence-corrected chi connectivity index (χ3v) is 5.32. The number of allylic oxidation sites excluding steroid dienone is 1. The van der Waals surface area contributed by atoms with Crippen LogP contribution in [0.4, 0.5) is 0 Å². The number of hydrogen-bond acceptors (Lipinski definition) is 3. The van der Waals surface area contributed by atoms with Crippen LogP contribution in [0.2, 0.25) is 5.02 Å². The van der Waals surface area contributed by atoms with Gasteiger partial charge in [-0.15, -0.1) is 0 Å². The second-order valence-electron chi connectivity index (χ2n) is 7.05. The van der Waals surface area contributed by atoms with Crippen LogP contribution in [0.1, 0.15) is 31.9 Å². The van der Waals surface area contributed by atoms with Crippen LogP contribution in [0, 0.1) is 0 Å². The minimum Gasteiger partial charge on any atom is -0.477 e. The first-order valence-electron chi connectivity index (χ1n) is 8.80. The Kier molecular flexibility index (Phi) is 5.38. The number of rotatable bonds is 5. The lowest BCUT2D eigenvalue weighted by molar-refractivity contribution is -0.148. The van der Waals surface area contributed by atoms with Crippen molar-refractivity contribution in [3.63, 3.8) is 0 Å². The number of carbonyl (C=O) groups excluding carboxylic acids is 2. The molecule has 2 aromatic carbocycles. The summed E-state index contributed by atoms with van der Waals surface area (Å²) in [6, 6.07) is 16.6. The van der Waals surface area contributed by atoms with E-state index in [0.29, 0.717) is 16.4 Å². The predicted molar refractivity (Wildman–Crippen MR) is 106 cm³/mol. The third-order valence-electron chi connectivity index (χ3n) is 4.95. The summed E-state index contributed by atoms with van der Waals surface area (Å²) in [5.41, 5.74) is 0.980. The summed E-state index contributed by atoms with van der Waals surface area (Å²) in [4.78, 5) is 27.7. The van der Waals surface area contributed by atoms with Crippen molar-refractivity contribution in [2.45, 2.75) is 32.7 Å². The summed E-state index contributed by atoms with van der Waals surface area (Å²) >= 11 is 6.19. The normalized spacial score (nSPS) is 15.0. The fourth-order valence-electron chi connectivity index (χ4n) is 3.11. The monoisotopic (exact) mass is 383 g/mol. The highest BCUT2D eigenvalue weighted by Gasteiger charge is 2.41. The molecule has 0 aromatic heterocycles. The molecule has 0 unspecified atom stereocenters. The number of benzene rings is 2. The molecule has 27 heavy (non-hydrogen) atoms. The highest BCUT2D eigenvalue weighted by atomic mass is 35.5. The van der Waals surface area contributed by atoms with Gasteiger partial charge in [0.2, 0.25) is 0 Å². The molecule has 0 atom stereocenters. The van der Waals surface area contributed by atoms with Crippen LogP contribution in [0.5, 0.6) is 0 Å². The van der Waals surface area contributed by atoms with E-state index in [1.54, 1.807) is 26.8 Å². The molecule has 4 nitrogen and oxygen atoms in total. The van der Waals surface area contributed by atoms with Crippen molar-refractivity contribution in [1.29, 1.82) is 0 Å². The van der Waals surface area contributed by atoms with Gasteiger partial charge >= 0.3 is 0 Å². The first-order valence-corrected chi connectivity index (χ1v) is 9.18. The quantitative estimate of drug-likeness (QED) is 0.764. The SMILES string of the molecule is CC1=C(c2ccccc2)C(=O)N(C(C)(C)C(=O)Cc2ccccc2Cl)CO1. The third kappa shape index (κ3) is 3.76. The second kappa shape index (κ2) is 7.57. The summed E-state index contributed by atoms with van der Waals surface area (Å²) in [6.45, 7) is 5.31. The standard InChI is InChI=1S/C22H22ClNO3/c1-15-20(16-9-5-4-6-10-16)21(26)24(14-27-15)22(2,3)19(25)13-17-11-7-8-12-18(17)23/h4-12H,13-14H2,1-3H3. The van der Waals surface area contributed by atoms with E-state index in [2.05, 4.69) is 0 Å². The molecule has 1 heterocycles. The lowest BCUT2D eigenvalue weighted by Crippen LogP contribution is -2.56. The zero-order valence-corrected chi connectivity index (χ0v) is 16.4. The van der Waals surface area contributed by atoms with Crippen LogP contribution in [-0.2, 0) is 20.7 Å². The molecule has 0 spiro atoms. The average molecular weight is 384 g/mol. The fourth-order valence-corrected chi connectivity index (χ4v) is 3.31. The topological polar surface area (TPSA) is 46.6 Å². The first kappa shape index (κ1) is 19.2. The van der Waals surface area contributed by atoms with E-state index in [-0.39, 0.29) is 24.8 Å². The maximum Gasteiger partial charge on any atom is 0.261 e. The number of ketones is 1. The lowest BCUT2D eigenvalue weighted by Gasteiger charge is -2.40. The van der Waals surface area contributed by atoms with Gasteiger partial charge < -0.3 is 4.74 Å². The second-order valence-corrected chi connectivity index (χ2v) is 7.46. The van der Waals surface area contributed by atoms with E-state index in [1.807, 2.05) is 48.5 Å². The van der Waals surface area contributed by atoms with Crippen LogP contribution in [-0.4, -0.2) is 28.9 Å². The van der Waals surface area contributed by atoms with E-state index in [9.17, 15) is 9.59 Å². The van der Waals surface area contributed by atoms with Gasteiger partial charge in [-0.1, -0.05) is 60.1 Å². The molecular formula is C22H22ClNO3. The number of ether oxygens (including phenoxy) is 1. The summed E-state index contributed by atoms with van der Waals surface area (Å²) in [5.74, 6) is 0.263. The largest absolute Gasteiger partial charge is 0.477 e. The molecule has 0 saturated carbocycles. The van der Waals surface area contributed by atoms with Crippen LogP contribution in [0.15, 0.2) is 60.4 Å². The van der Waals surface area contributed by atoms with E-state index in [4.69, 9.17) is 16.3 Å². The summed E-state index contributed by atoms with van der Waals surface area (Å²) in [7, 11) is 0. The molecular weight excluding hydrogens is 362 g/mol. The van der Waals surface area contributed by atoms with Gasteiger partial charge in [-0.2, -0.15) is 0 Å². The van der Waals surface area contributed by atoms with Crippen molar-refractivity contribution in [2.24, 2.45) is 0 Å². The van der Waals surface area contributed by atoms with Gasteiger partial charge in [-0.05, 0) is 38.0 Å². The van der Waals surface area contributed by atoms with Crippen LogP contribution >= 0.6 is 11.6 Å². The molecule has 0 fully saturated rings. The molecule has 0 saturated heterocycles. The van der Waals surface area contributed by atoms with Gasteiger partial charge in [0.15, 0.2) is 12.5 Å². The zero-order valence-electron chi connectivity index (χ0n) is 15.7. The highest BCUT2D eigenvalue weighted by molar-refractivity contribution is 6.31. The maximum atomic E-state index is 13.2. The number of halogens is 1. The van der Waals surface area contributed by atoms with Gasteiger partial charge in [-0.3, -0.25) is 14.5 Å². The van der Waals surface area contributed by atoms with Crippen molar-refractivity contribution in [2.75, 3.05) is 6.73 Å². The predicted octanol–water partition coefficient (Wildman–Crippen LogP) is 4.48. The van der Waals surface area contributed by atoms with Crippen molar-refractivity contribution >= 4 is 28.9 Å². The molecule has 0 N–H and O–H groups in total. The Hall–Kier alpha value is -2.59. The van der Waals surface area contributed by atoms with E-state index < -0.39 is 5.54 Å². The molecule has 0 radical (unpaired) electrons. The lowest BCUT2D eigenvalue weighted by atomic mass is 9.90. The Balaban J connectivity index is 1.88. The Morgan fingerprint density at radius 1 is 1.11 bits per heavy atom. The Morgan fingerprint density at radius 3 is 2.41 bits per heavy atom. The molecule has 1 aliphatic rings. The number of nitrogens with zero attached hydrogens (tertiary/aromatic N) is 1. The van der Waals surface area contributed by atoms with Gasteiger partial charge in [-0.25, -0.2) is 0 Å². The van der Waals surface area contributed by atoms with E-state index in [1.165, 1.54) is 4.90 Å². The van der Waals surface area contributed by atoms with Crippen LogP contribution < -0.4 is 0 Å². The molecule has 5 heteroatoms. The number of amides is 1. The number of carbonyl (C=O) groups is 2. The van der Waals surface area contributed by atoms with Gasteiger partial charge in [0.25, 0.3) is 5.91 Å². The molecule has 2 aromatic rings. The molecule has 0 aliphatic carbocycles. The van der Waals surface area contributed by atoms with Gasteiger partial charge in [0.1, 0.15) is 5.76 Å². The fraction of sp³-hybridized carbons (Fsp3) is 0.273. The smallest absolute Gasteiger partial charge is 0.261 e. The molecule has 0 bridgehead atoms. The number of hydrogen-bond donors (Lipinski definition) is 0. The average Bonchev–Trinajstić information content (AvgIpc) is 2.64. The highest BCUT2D eigenvalue weighted by Crippen LogP contribution is 2.31. The van der Waals surface area contributed by atoms with Gasteiger partial charge in [0.05, 0.1) is 11.1 Å². The summed E-state index contributed by atoms with van der Waals surface area (Å²) in [5, 5.41) is 0.545. The Labute approximate surface area is 164 Å². The minimum absolute atomic E-state index is 0.0439. The summed E-state index contributed by atoms with van der Waals surface area (Å²) in [6.07, 6.45) is 0.153. The maximum absolute atomic E-state index is 13.2. The van der Waals surface area contributed by atoms with Crippen molar-refractivity contribution in [3.8, 4) is 0 Å². The Bertz CT molecular complexity index is 903. The molecule has 1 aliphatic heterocycles. The van der Waals surface area contributed by atoms with Crippen molar-refractivity contribution in [1.82, 2.24) is 4.90 Å². The van der Waals surface area contributed by atoms with Crippen LogP contribution in [0.3, 0.4) is 0 Å².